The van der Waals surface area contributed by atoms with Crippen molar-refractivity contribution in [1.82, 2.24) is 20.2 Å². The van der Waals surface area contributed by atoms with Crippen LogP contribution >= 0.6 is 0 Å². The molecule has 3 rings (SSSR count). The van der Waals surface area contributed by atoms with E-state index in [0.717, 1.165) is 49.9 Å². The highest BCUT2D eigenvalue weighted by molar-refractivity contribution is 5.75. The van der Waals surface area contributed by atoms with Gasteiger partial charge >= 0.3 is 0 Å². The maximum absolute atomic E-state index is 10.0. The van der Waals surface area contributed by atoms with Crippen molar-refractivity contribution >= 4 is 23.7 Å². The monoisotopic (exact) mass is 415 g/mol. The first-order valence-electron chi connectivity index (χ1n) is 10.7. The summed E-state index contributed by atoms with van der Waals surface area (Å²) < 4.78 is 0. The van der Waals surface area contributed by atoms with E-state index >= 15 is 0 Å². The van der Waals surface area contributed by atoms with Crippen LogP contribution in [-0.2, 0) is 0 Å². The number of aromatic nitrogens is 2. The lowest BCUT2D eigenvalue weighted by Gasteiger charge is -2.46. The molecule has 2 aliphatic rings. The molecule has 166 valence electrons. The molecule has 0 bridgehead atoms. The molecule has 0 unspecified atom stereocenters. The number of nitrogens with one attached hydrogen (secondary N) is 2. The quantitative estimate of drug-likeness (QED) is 0.468. The van der Waals surface area contributed by atoms with Crippen LogP contribution in [0.1, 0.15) is 25.3 Å². The number of aliphatic hydroxyl groups is 1. The van der Waals surface area contributed by atoms with E-state index in [1.54, 1.807) is 0 Å². The number of anilines is 3. The minimum absolute atomic E-state index is 0.200. The Balaban J connectivity index is 1.77. The van der Waals surface area contributed by atoms with Crippen molar-refractivity contribution in [3.8, 4) is 0 Å². The molecule has 0 amide bonds. The molecule has 1 saturated carbocycles. The molecule has 0 radical (unpaired) electrons. The summed E-state index contributed by atoms with van der Waals surface area (Å²) in [4.78, 5) is 16.3. The van der Waals surface area contributed by atoms with Gasteiger partial charge in [-0.05, 0) is 26.8 Å². The van der Waals surface area contributed by atoms with E-state index in [0.29, 0.717) is 24.8 Å². The summed E-state index contributed by atoms with van der Waals surface area (Å²) in [6, 6.07) is 0.677. The van der Waals surface area contributed by atoms with Crippen LogP contribution in [0.5, 0.6) is 0 Å². The molecule has 0 spiro atoms. The molecule has 8 heteroatoms. The third kappa shape index (κ3) is 4.94. The van der Waals surface area contributed by atoms with E-state index in [1.807, 2.05) is 45.1 Å². The van der Waals surface area contributed by atoms with Crippen LogP contribution in [0.2, 0.25) is 0 Å². The van der Waals surface area contributed by atoms with Gasteiger partial charge in [-0.15, -0.1) is 6.58 Å². The minimum atomic E-state index is -0.585. The van der Waals surface area contributed by atoms with Crippen molar-refractivity contribution < 1.29 is 5.11 Å². The van der Waals surface area contributed by atoms with Crippen molar-refractivity contribution in [2.45, 2.75) is 37.5 Å². The van der Waals surface area contributed by atoms with Crippen molar-refractivity contribution in [2.24, 2.45) is 0 Å². The molecule has 2 heterocycles. The van der Waals surface area contributed by atoms with Crippen molar-refractivity contribution in [2.75, 3.05) is 69.0 Å². The summed E-state index contributed by atoms with van der Waals surface area (Å²) in [5, 5.41) is 16.7. The molecular formula is C22H37N7O. The average Bonchev–Trinajstić information content (AvgIpc) is 2.63. The fourth-order valence-corrected chi connectivity index (χ4v) is 4.27. The highest BCUT2D eigenvalue weighted by atomic mass is 16.3. The molecule has 8 nitrogen and oxygen atoms in total. The molecule has 0 aromatic carbocycles. The van der Waals surface area contributed by atoms with Gasteiger partial charge < -0.3 is 25.5 Å². The molecule has 0 atom stereocenters. The first kappa shape index (κ1) is 22.5. The summed E-state index contributed by atoms with van der Waals surface area (Å²) in [6.45, 7) is 14.5. The Morgan fingerprint density at radius 2 is 1.97 bits per heavy atom. The zero-order chi connectivity index (χ0) is 21.9. The molecule has 1 saturated heterocycles. The van der Waals surface area contributed by atoms with Gasteiger partial charge in [-0.2, -0.15) is 9.97 Å². The zero-order valence-corrected chi connectivity index (χ0v) is 18.9. The Labute approximate surface area is 180 Å². The van der Waals surface area contributed by atoms with Crippen LogP contribution < -0.4 is 20.4 Å². The Bertz CT molecular complexity index is 750. The van der Waals surface area contributed by atoms with E-state index in [9.17, 15) is 5.11 Å². The van der Waals surface area contributed by atoms with E-state index in [2.05, 4.69) is 33.6 Å². The summed E-state index contributed by atoms with van der Waals surface area (Å²) in [7, 11) is 5.95. The molecular weight excluding hydrogens is 378 g/mol. The first-order valence-corrected chi connectivity index (χ1v) is 10.7. The van der Waals surface area contributed by atoms with E-state index in [4.69, 9.17) is 9.97 Å². The molecule has 1 aliphatic carbocycles. The van der Waals surface area contributed by atoms with Crippen LogP contribution in [0.3, 0.4) is 0 Å². The first-order chi connectivity index (χ1) is 14.3. The Hall–Kier alpha value is -2.16. The molecule has 1 aliphatic heterocycles. The van der Waals surface area contributed by atoms with Gasteiger partial charge in [-0.3, -0.25) is 4.90 Å². The van der Waals surface area contributed by atoms with Crippen LogP contribution in [0.15, 0.2) is 19.2 Å². The molecule has 30 heavy (non-hydrogen) atoms. The molecule has 1 aromatic rings. The van der Waals surface area contributed by atoms with Crippen LogP contribution in [0, 0.1) is 0 Å². The topological polar surface area (TPSA) is 79.8 Å². The molecule has 1 aromatic heterocycles. The second kappa shape index (κ2) is 9.32. The Kier molecular flexibility index (Phi) is 7.00. The summed E-state index contributed by atoms with van der Waals surface area (Å²) >= 11 is 0. The van der Waals surface area contributed by atoms with Gasteiger partial charge in [-0.25, -0.2) is 0 Å². The fourth-order valence-electron chi connectivity index (χ4n) is 4.27. The van der Waals surface area contributed by atoms with E-state index in [1.165, 1.54) is 0 Å². The van der Waals surface area contributed by atoms with Gasteiger partial charge in [0.25, 0.3) is 0 Å². The van der Waals surface area contributed by atoms with Gasteiger partial charge in [0.1, 0.15) is 11.6 Å². The standard InChI is InChI=1S/C22H37N7O/c1-7-10-28(11-9-23-4)17-14-29(15-17)20-18(8-2)19(27(5)6)25-21(26-20)24-16-12-22(3,30)13-16/h7-8,16-17,23,30H,1-2,9-15H2,3-6H3,(H,24,25,26). The normalized spacial score (nSPS) is 23.7. The zero-order valence-electron chi connectivity index (χ0n) is 18.9. The third-order valence-electron chi connectivity index (χ3n) is 5.93. The predicted molar refractivity (Wildman–Crippen MR) is 125 cm³/mol. The highest BCUT2D eigenvalue weighted by Gasteiger charge is 2.39. The summed E-state index contributed by atoms with van der Waals surface area (Å²) in [5.74, 6) is 2.38. The van der Waals surface area contributed by atoms with Crippen LogP contribution in [0.4, 0.5) is 17.6 Å². The van der Waals surface area contributed by atoms with Gasteiger partial charge in [0, 0.05) is 58.9 Å². The van der Waals surface area contributed by atoms with Gasteiger partial charge in [-0.1, -0.05) is 18.7 Å². The Morgan fingerprint density at radius 3 is 2.50 bits per heavy atom. The van der Waals surface area contributed by atoms with E-state index < -0.39 is 5.60 Å². The number of hydrogen-bond acceptors (Lipinski definition) is 8. The minimum Gasteiger partial charge on any atom is -0.390 e. The fraction of sp³-hybridized carbons (Fsp3) is 0.636. The van der Waals surface area contributed by atoms with Crippen LogP contribution in [0.25, 0.3) is 6.08 Å². The number of likely N-dealkylation sites (N-methyl/N-ethyl adjacent to an activating group) is 1. The Morgan fingerprint density at radius 1 is 1.27 bits per heavy atom. The number of rotatable bonds is 11. The lowest BCUT2D eigenvalue weighted by Crippen LogP contribution is -2.60. The smallest absolute Gasteiger partial charge is 0.226 e. The molecule has 2 fully saturated rings. The predicted octanol–water partition coefficient (Wildman–Crippen LogP) is 1.41. The van der Waals surface area contributed by atoms with Crippen molar-refractivity contribution in [3.05, 3.63) is 24.8 Å². The van der Waals surface area contributed by atoms with Crippen molar-refractivity contribution in [3.63, 3.8) is 0 Å². The summed E-state index contributed by atoms with van der Waals surface area (Å²) in [5.41, 5.74) is 0.369. The number of hydrogen-bond donors (Lipinski definition) is 3. The third-order valence-corrected chi connectivity index (χ3v) is 5.93. The van der Waals surface area contributed by atoms with E-state index in [-0.39, 0.29) is 6.04 Å². The van der Waals surface area contributed by atoms with Crippen molar-refractivity contribution in [1.29, 1.82) is 0 Å². The second-order valence-corrected chi connectivity index (χ2v) is 8.90. The van der Waals surface area contributed by atoms with Crippen LogP contribution in [-0.4, -0.2) is 91.5 Å². The number of nitrogens with zero attached hydrogens (tertiary/aromatic N) is 5. The molecule has 3 N–H and O–H groups in total. The average molecular weight is 416 g/mol. The maximum Gasteiger partial charge on any atom is 0.226 e. The second-order valence-electron chi connectivity index (χ2n) is 8.90. The SMILES string of the molecule is C=CCN(CCNC)C1CN(c2nc(NC3CC(C)(O)C3)nc(N(C)C)c2C=C)C1. The highest BCUT2D eigenvalue weighted by Crippen LogP contribution is 2.36. The van der Waals surface area contributed by atoms with Gasteiger partial charge in [0.05, 0.1) is 11.2 Å². The largest absolute Gasteiger partial charge is 0.390 e. The van der Waals surface area contributed by atoms with Gasteiger partial charge in [0.15, 0.2) is 0 Å². The lowest BCUT2D eigenvalue weighted by atomic mass is 9.77. The maximum atomic E-state index is 10.0. The van der Waals surface area contributed by atoms with Gasteiger partial charge in [0.2, 0.25) is 5.95 Å². The lowest BCUT2D eigenvalue weighted by molar-refractivity contribution is -0.0236. The summed E-state index contributed by atoms with van der Waals surface area (Å²) in [6.07, 6.45) is 5.23.